The maximum Gasteiger partial charge on any atom is 0.407 e. The Morgan fingerprint density at radius 2 is 1.94 bits per heavy atom. The average molecular weight is 1020 g/mol. The number of hydrogen-bond donors (Lipinski definition) is 6. The molecule has 376 valence electrons. The van der Waals surface area contributed by atoms with Gasteiger partial charge in [0, 0.05) is 71.9 Å². The summed E-state index contributed by atoms with van der Waals surface area (Å²) in [5.74, 6) is 11.9. The maximum absolute atomic E-state index is 15.5. The van der Waals surface area contributed by atoms with E-state index in [1.165, 1.54) is 19.3 Å². The van der Waals surface area contributed by atoms with Crippen LogP contribution in [0.5, 0.6) is 5.75 Å². The number of allylic oxidation sites excluding steroid dienone is 2. The zero-order chi connectivity index (χ0) is 50.3. The van der Waals surface area contributed by atoms with Crippen LogP contribution in [0.1, 0.15) is 44.1 Å². The number of hydrogen-bond acceptors (Lipinski definition) is 17. The van der Waals surface area contributed by atoms with Crippen LogP contribution < -0.4 is 20.7 Å². The molecule has 4 aliphatic rings. The predicted molar refractivity (Wildman–Crippen MR) is 271 cm³/mol. The predicted octanol–water partition coefficient (Wildman–Crippen LogP) is 3.17. The number of carbonyl (C=O) groups is 3. The van der Waals surface area contributed by atoms with Gasteiger partial charge in [-0.15, -0.1) is 21.2 Å². The summed E-state index contributed by atoms with van der Waals surface area (Å²) in [4.78, 5) is 50.3. The Kier molecular flexibility index (Phi) is 18.1. The number of carbonyl (C=O) groups excluding carboxylic acids is 3. The van der Waals surface area contributed by atoms with E-state index >= 15 is 4.79 Å². The Morgan fingerprint density at radius 3 is 2.66 bits per heavy atom. The minimum absolute atomic E-state index is 0.0688. The van der Waals surface area contributed by atoms with Crippen LogP contribution in [0.25, 0.3) is 21.8 Å². The molecule has 10 unspecified atom stereocenters. The zero-order valence-corrected chi connectivity index (χ0v) is 42.8. The quantitative estimate of drug-likeness (QED) is 0.0650. The van der Waals surface area contributed by atoms with E-state index in [4.69, 9.17) is 44.3 Å². The fraction of sp³-hybridized carbons (Fsp3) is 0.520. The largest absolute Gasteiger partial charge is 0.492 e. The van der Waals surface area contributed by atoms with E-state index < -0.39 is 87.4 Å². The lowest BCUT2D eigenvalue weighted by molar-refractivity contribution is -0.322. The molecule has 4 heterocycles. The number of rotatable bonds is 17. The number of thioether (sulfide) groups is 1. The van der Waals surface area contributed by atoms with Crippen molar-refractivity contribution < 1.29 is 57.8 Å². The third kappa shape index (κ3) is 11.4. The summed E-state index contributed by atoms with van der Waals surface area (Å²) in [5, 5.41) is 35.6. The Labute approximate surface area is 419 Å². The number of pyridine rings is 1. The number of H-pyrrole nitrogens is 1. The van der Waals surface area contributed by atoms with Crippen molar-refractivity contribution in [3.8, 4) is 29.4 Å². The first-order chi connectivity index (χ1) is 33.6. The minimum atomic E-state index is -1.77. The molecule has 20 heteroatoms. The van der Waals surface area contributed by atoms with Gasteiger partial charge in [0.1, 0.15) is 47.2 Å². The van der Waals surface area contributed by atoms with Crippen molar-refractivity contribution in [3.63, 3.8) is 0 Å². The SMILES string of the molecule is CNCCOc1ccc2[nH]c3c(C(=O)C4(SC)C(C)OC(O[C@H]5C#C/C=C\C#CC6=C5/C(=C\CS(C)=S)[C@@H](O)CC(=O)C6NC(=O)OC)C(OC5CC(OC)C(NC(C)C)CO5)C4O)nccc3c2c1. The number of aliphatic hydroxyl groups is 2. The Hall–Kier alpha value is -4.52. The van der Waals surface area contributed by atoms with Gasteiger partial charge in [-0.3, -0.25) is 14.6 Å². The highest BCUT2D eigenvalue weighted by atomic mass is 32.8. The average Bonchev–Trinajstić information content (AvgIpc) is 3.71. The first kappa shape index (κ1) is 53.3. The molecule has 2 aliphatic carbocycles. The van der Waals surface area contributed by atoms with Crippen LogP contribution in [0.15, 0.2) is 65.4 Å². The molecule has 7 rings (SSSR count). The summed E-state index contributed by atoms with van der Waals surface area (Å²) in [7, 11) is 4.05. The molecule has 0 saturated carbocycles. The summed E-state index contributed by atoms with van der Waals surface area (Å²) in [5.41, 5.74) is 1.83. The van der Waals surface area contributed by atoms with Crippen molar-refractivity contribution in [3.05, 3.63) is 71.1 Å². The molecule has 1 amide bonds. The number of aromatic nitrogens is 2. The van der Waals surface area contributed by atoms with Gasteiger partial charge in [-0.1, -0.05) is 54.8 Å². The number of aliphatic hydroxyl groups excluding tert-OH is 2. The molecule has 0 bridgehead atoms. The number of fused-ring (bicyclic) bond motifs is 3. The molecule has 17 nitrogen and oxygen atoms in total. The fourth-order valence-corrected chi connectivity index (χ4v) is 10.9. The van der Waals surface area contributed by atoms with Crippen LogP contribution in [0, 0.1) is 23.7 Å². The standard InChI is InChI=1S/C50H61N5O12S3/c1-27(2)53-35-26-64-40(25-39(35)61-5)67-45-47(59)50(69-7,46(58)44-43-30(17-19-52-44)33-23-29(63-21-20-51-4)15-16-34(33)54-43)28(3)65-48(45)66-38-14-12-10-9-11-13-32-41(38)31(18-22-70(8)68)36(56)24-37(57)42(32)55-49(60)62-6/h9-10,15-19,23,27-28,35-36,38-40,42,45,47-48,51,53-54,56,59H,20-22,24-26H2,1-8H3,(H,55,60)/b10-9-,31-18-/t28?,35?,36-,38-,39?,40?,42?,45?,47?,48?,50?,70?/m0/s1. The number of likely N-dealkylation sites (N-methyl/N-ethyl adjacent to an activating group) is 1. The first-order valence-corrected chi connectivity index (χ1v) is 26.9. The molecule has 2 aliphatic heterocycles. The van der Waals surface area contributed by atoms with Crippen LogP contribution in [-0.2, 0) is 53.9 Å². The van der Waals surface area contributed by atoms with Crippen LogP contribution in [-0.4, -0.2) is 169 Å². The summed E-state index contributed by atoms with van der Waals surface area (Å²) in [6, 6.07) is 6.03. The van der Waals surface area contributed by atoms with Gasteiger partial charge >= 0.3 is 6.09 Å². The highest BCUT2D eigenvalue weighted by Gasteiger charge is 2.61. The molecule has 1 aromatic carbocycles. The van der Waals surface area contributed by atoms with Crippen molar-refractivity contribution >= 4 is 71.9 Å². The number of nitrogens with one attached hydrogen (secondary N) is 4. The van der Waals surface area contributed by atoms with Gasteiger partial charge in [0.2, 0.25) is 5.78 Å². The molecule has 2 aromatic heterocycles. The number of ether oxygens (including phenoxy) is 7. The van der Waals surface area contributed by atoms with E-state index in [1.54, 1.807) is 32.6 Å². The van der Waals surface area contributed by atoms with Gasteiger partial charge in [0.25, 0.3) is 0 Å². The molecule has 70 heavy (non-hydrogen) atoms. The van der Waals surface area contributed by atoms with Crippen LogP contribution in [0.4, 0.5) is 4.79 Å². The van der Waals surface area contributed by atoms with Crippen molar-refractivity contribution in [2.45, 2.75) is 106 Å². The zero-order valence-electron chi connectivity index (χ0n) is 40.4. The van der Waals surface area contributed by atoms with Gasteiger partial charge in [-0.25, -0.2) is 4.79 Å². The minimum Gasteiger partial charge on any atom is -0.492 e. The molecule has 3 aromatic rings. The third-order valence-electron chi connectivity index (χ3n) is 12.6. The smallest absolute Gasteiger partial charge is 0.407 e. The van der Waals surface area contributed by atoms with Gasteiger partial charge in [0.15, 0.2) is 18.4 Å². The monoisotopic (exact) mass is 1020 g/mol. The molecule has 12 atom stereocenters. The molecular formula is C50H61N5O12S3. The lowest BCUT2D eigenvalue weighted by atomic mass is 9.83. The molecule has 0 spiro atoms. The number of amides is 1. The summed E-state index contributed by atoms with van der Waals surface area (Å²) in [6.45, 7) is 7.02. The van der Waals surface area contributed by atoms with Crippen molar-refractivity contribution in [2.24, 2.45) is 0 Å². The lowest BCUT2D eigenvalue weighted by Crippen LogP contribution is -2.68. The van der Waals surface area contributed by atoms with Gasteiger partial charge < -0.3 is 64.3 Å². The van der Waals surface area contributed by atoms with E-state index in [0.29, 0.717) is 30.2 Å². The maximum atomic E-state index is 15.5. The van der Waals surface area contributed by atoms with Gasteiger partial charge in [-0.2, -0.15) is 0 Å². The summed E-state index contributed by atoms with van der Waals surface area (Å²) < 4.78 is 41.9. The van der Waals surface area contributed by atoms with E-state index in [2.05, 4.69) is 49.6 Å². The summed E-state index contributed by atoms with van der Waals surface area (Å²) in [6.07, 6.45) is -1.06. The van der Waals surface area contributed by atoms with Gasteiger partial charge in [0.05, 0.1) is 43.6 Å². The molecule has 0 radical (unpaired) electrons. The molecular weight excluding hydrogens is 959 g/mol. The van der Waals surface area contributed by atoms with Crippen molar-refractivity contribution in [1.29, 1.82) is 0 Å². The number of methoxy groups -OCH3 is 2. The Balaban J connectivity index is 1.34. The number of Topliss-reactive ketones (excluding diaryl/α,β-unsaturated/α-hetero) is 2. The fourth-order valence-electron chi connectivity index (χ4n) is 9.25. The van der Waals surface area contributed by atoms with E-state index in [0.717, 1.165) is 28.1 Å². The second kappa shape index (κ2) is 23.8. The summed E-state index contributed by atoms with van der Waals surface area (Å²) >= 11 is 6.65. The second-order valence-electron chi connectivity index (χ2n) is 17.5. The Bertz CT molecular complexity index is 2680. The number of ketones is 2. The third-order valence-corrected chi connectivity index (χ3v) is 15.1. The van der Waals surface area contributed by atoms with Crippen LogP contribution >= 0.6 is 11.8 Å². The van der Waals surface area contributed by atoms with Crippen molar-refractivity contribution in [2.75, 3.05) is 59.3 Å². The normalized spacial score (nSPS) is 30.5. The van der Waals surface area contributed by atoms with Crippen molar-refractivity contribution in [1.82, 2.24) is 25.9 Å². The van der Waals surface area contributed by atoms with E-state index in [1.807, 2.05) is 51.4 Å². The number of aromatic amines is 1. The highest BCUT2D eigenvalue weighted by Crippen LogP contribution is 2.46. The molecule has 2 saturated heterocycles. The van der Waals surface area contributed by atoms with Crippen LogP contribution in [0.3, 0.4) is 0 Å². The van der Waals surface area contributed by atoms with Crippen LogP contribution in [0.2, 0.25) is 0 Å². The number of alkyl carbamates (subject to hydrolysis) is 1. The Morgan fingerprint density at radius 1 is 1.16 bits per heavy atom. The number of nitrogens with zero attached hydrogens (tertiary/aromatic N) is 1. The van der Waals surface area contributed by atoms with E-state index in [9.17, 15) is 19.8 Å². The van der Waals surface area contributed by atoms with Gasteiger partial charge in [-0.05, 0) is 68.5 Å². The second-order valence-corrected chi connectivity index (χ2v) is 21.7. The highest BCUT2D eigenvalue weighted by molar-refractivity contribution is 8.28. The lowest BCUT2D eigenvalue weighted by Gasteiger charge is -2.51. The number of benzene rings is 1. The topological polar surface area (TPSA) is 221 Å². The molecule has 6 N–H and O–H groups in total. The first-order valence-electron chi connectivity index (χ1n) is 23.0. The molecule has 2 fully saturated rings. The van der Waals surface area contributed by atoms with E-state index in [-0.39, 0.29) is 53.6 Å².